The Hall–Kier alpha value is -6.12. The highest BCUT2D eigenvalue weighted by Gasteiger charge is 2.22. The fourth-order valence-electron chi connectivity index (χ4n) is 6.78. The summed E-state index contributed by atoms with van der Waals surface area (Å²) in [7, 11) is 0. The van der Waals surface area contributed by atoms with Gasteiger partial charge in [-0.05, 0) is 102 Å². The van der Waals surface area contributed by atoms with Gasteiger partial charge in [0.15, 0.2) is 0 Å². The van der Waals surface area contributed by atoms with Crippen LogP contribution >= 0.6 is 0 Å². The average molecular weight is 603 g/mol. The molecule has 1 heterocycles. The largest absolute Gasteiger partial charge is 0.457 e. The molecule has 222 valence electrons. The summed E-state index contributed by atoms with van der Waals surface area (Å²) < 4.78 is 12.3. The fourth-order valence-corrected chi connectivity index (χ4v) is 6.78. The molecule has 9 rings (SSSR count). The van der Waals surface area contributed by atoms with Gasteiger partial charge in [0.1, 0.15) is 11.5 Å². The minimum absolute atomic E-state index is 0.177. The van der Waals surface area contributed by atoms with Crippen molar-refractivity contribution in [1.82, 2.24) is 0 Å². The lowest BCUT2D eigenvalue weighted by Crippen LogP contribution is -2.03. The molecule has 0 atom stereocenters. The van der Waals surface area contributed by atoms with Crippen LogP contribution in [0.1, 0.15) is 22.3 Å². The van der Waals surface area contributed by atoms with Crippen LogP contribution < -0.4 is 9.47 Å². The van der Waals surface area contributed by atoms with Gasteiger partial charge in [-0.15, -0.1) is 0 Å². The van der Waals surface area contributed by atoms with Gasteiger partial charge in [0.05, 0.1) is 0 Å². The molecule has 1 aliphatic heterocycles. The molecule has 2 heteroatoms. The van der Waals surface area contributed by atoms with Crippen molar-refractivity contribution in [3.8, 4) is 22.6 Å². The lowest BCUT2D eigenvalue weighted by molar-refractivity contribution is 0.125. The van der Waals surface area contributed by atoms with E-state index in [1.165, 1.54) is 32.7 Å². The van der Waals surface area contributed by atoms with Crippen LogP contribution in [0.15, 0.2) is 146 Å². The van der Waals surface area contributed by atoms with Crippen LogP contribution in [0.2, 0.25) is 0 Å². The van der Waals surface area contributed by atoms with Crippen molar-refractivity contribution in [3.63, 3.8) is 0 Å². The first-order valence-corrected chi connectivity index (χ1v) is 16.0. The van der Waals surface area contributed by atoms with Crippen LogP contribution in [0, 0.1) is 0 Å². The maximum atomic E-state index is 6.15. The van der Waals surface area contributed by atoms with Crippen LogP contribution in [-0.4, -0.2) is 6.79 Å². The molecule has 0 spiro atoms. The summed E-state index contributed by atoms with van der Waals surface area (Å²) in [5, 5.41) is 9.61. The van der Waals surface area contributed by atoms with Crippen molar-refractivity contribution < 1.29 is 9.47 Å². The van der Waals surface area contributed by atoms with Crippen molar-refractivity contribution in [2.45, 2.75) is 0 Å². The molecule has 0 saturated carbocycles. The zero-order valence-electron chi connectivity index (χ0n) is 25.7. The minimum Gasteiger partial charge on any atom is -0.457 e. The third-order valence-corrected chi connectivity index (χ3v) is 9.17. The molecule has 0 fully saturated rings. The monoisotopic (exact) mass is 602 g/mol. The van der Waals surface area contributed by atoms with Crippen molar-refractivity contribution in [2.24, 2.45) is 0 Å². The van der Waals surface area contributed by atoms with E-state index >= 15 is 0 Å². The summed E-state index contributed by atoms with van der Waals surface area (Å²) in [5.41, 5.74) is 6.82. The summed E-state index contributed by atoms with van der Waals surface area (Å²) in [5.74, 6) is 1.67. The van der Waals surface area contributed by atoms with Gasteiger partial charge in [0, 0.05) is 11.1 Å². The van der Waals surface area contributed by atoms with E-state index in [0.717, 1.165) is 55.3 Å². The van der Waals surface area contributed by atoms with E-state index in [9.17, 15) is 0 Å². The first kappa shape index (κ1) is 27.2. The van der Waals surface area contributed by atoms with Gasteiger partial charge in [0.2, 0.25) is 6.79 Å². The minimum atomic E-state index is 0.177. The van der Waals surface area contributed by atoms with Crippen LogP contribution in [0.4, 0.5) is 0 Å². The quantitative estimate of drug-likeness (QED) is 0.187. The highest BCUT2D eigenvalue weighted by Crippen LogP contribution is 2.47. The second-order valence-corrected chi connectivity index (χ2v) is 12.1. The number of rotatable bonds is 4. The van der Waals surface area contributed by atoms with Gasteiger partial charge >= 0.3 is 0 Å². The van der Waals surface area contributed by atoms with Crippen LogP contribution in [0.5, 0.6) is 11.5 Å². The lowest BCUT2D eigenvalue weighted by Gasteiger charge is -2.14. The molecule has 0 aromatic heterocycles. The van der Waals surface area contributed by atoms with E-state index in [1.807, 2.05) is 0 Å². The molecule has 1 aliphatic rings. The molecular weight excluding hydrogens is 572 g/mol. The highest BCUT2D eigenvalue weighted by molar-refractivity contribution is 6.10. The molecular formula is C45H30O2. The molecule has 0 saturated heterocycles. The van der Waals surface area contributed by atoms with E-state index < -0.39 is 0 Å². The SMILES string of the molecule is C(=C/c1ccc2c3c(ccc2c1)OCOc1ccc2cc(/C=C\c4ccc5ccccc5c4)ccc2c1-3)/c1ccc2ccccc2c1. The van der Waals surface area contributed by atoms with Crippen LogP contribution in [0.3, 0.4) is 0 Å². The van der Waals surface area contributed by atoms with Crippen molar-refractivity contribution in [2.75, 3.05) is 6.79 Å². The predicted molar refractivity (Wildman–Crippen MR) is 199 cm³/mol. The molecule has 8 aromatic rings. The number of hydrogen-bond acceptors (Lipinski definition) is 2. The third kappa shape index (κ3) is 5.10. The molecule has 0 bridgehead atoms. The van der Waals surface area contributed by atoms with Gasteiger partial charge in [-0.1, -0.05) is 133 Å². The van der Waals surface area contributed by atoms with Gasteiger partial charge in [-0.25, -0.2) is 0 Å². The highest BCUT2D eigenvalue weighted by atomic mass is 16.7. The third-order valence-electron chi connectivity index (χ3n) is 9.17. The normalized spacial score (nSPS) is 12.8. The summed E-state index contributed by atoms with van der Waals surface area (Å²) in [6.45, 7) is 0.177. The van der Waals surface area contributed by atoms with Crippen molar-refractivity contribution >= 4 is 67.4 Å². The molecule has 0 N–H and O–H groups in total. The average Bonchev–Trinajstić information content (AvgIpc) is 3.32. The second kappa shape index (κ2) is 11.3. The first-order valence-electron chi connectivity index (χ1n) is 16.0. The molecule has 0 amide bonds. The van der Waals surface area contributed by atoms with Crippen molar-refractivity contribution in [3.05, 3.63) is 168 Å². The van der Waals surface area contributed by atoms with E-state index in [4.69, 9.17) is 9.47 Å². The number of hydrogen-bond donors (Lipinski definition) is 0. The molecule has 47 heavy (non-hydrogen) atoms. The fraction of sp³-hybridized carbons (Fsp3) is 0.0222. The van der Waals surface area contributed by atoms with Crippen molar-refractivity contribution in [1.29, 1.82) is 0 Å². The summed E-state index contributed by atoms with van der Waals surface area (Å²) in [4.78, 5) is 0. The Balaban J connectivity index is 1.09. The van der Waals surface area contributed by atoms with Gasteiger partial charge in [-0.3, -0.25) is 0 Å². The van der Waals surface area contributed by atoms with Gasteiger partial charge in [-0.2, -0.15) is 0 Å². The topological polar surface area (TPSA) is 18.5 Å². The Morgan fingerprint density at radius 1 is 0.340 bits per heavy atom. The van der Waals surface area contributed by atoms with E-state index in [0.29, 0.717) is 0 Å². The van der Waals surface area contributed by atoms with E-state index in [1.54, 1.807) is 0 Å². The van der Waals surface area contributed by atoms with Gasteiger partial charge < -0.3 is 9.47 Å². The van der Waals surface area contributed by atoms with E-state index in [-0.39, 0.29) is 6.79 Å². The number of benzene rings is 8. The standard InChI is InChI=1S/C45H30O2/c1-3-7-36-25-30(13-17-34(36)5-1)9-11-32-15-21-40-38(27-32)19-23-42-44(40)45-41-22-16-33(28-39(41)20-24-43(45)47-29-46-42)12-10-31-14-18-35-6-2-4-8-37(35)26-31/h1-28H,29H2/b11-9-,12-10-. The number of fused-ring (bicyclic) bond motifs is 9. The van der Waals surface area contributed by atoms with E-state index in [2.05, 4.69) is 170 Å². The predicted octanol–water partition coefficient (Wildman–Crippen LogP) is 12.0. The molecule has 2 nitrogen and oxygen atoms in total. The number of ether oxygens (including phenoxy) is 2. The smallest absolute Gasteiger partial charge is 0.230 e. The summed E-state index contributed by atoms with van der Waals surface area (Å²) in [6.07, 6.45) is 8.74. The summed E-state index contributed by atoms with van der Waals surface area (Å²) >= 11 is 0. The lowest BCUT2D eigenvalue weighted by atomic mass is 9.91. The zero-order chi connectivity index (χ0) is 31.2. The Kier molecular flexibility index (Phi) is 6.57. The molecule has 0 aliphatic carbocycles. The maximum Gasteiger partial charge on any atom is 0.230 e. The summed E-state index contributed by atoms with van der Waals surface area (Å²) in [6, 6.07) is 51.8. The Bertz CT molecular complexity index is 2380. The second-order valence-electron chi connectivity index (χ2n) is 12.1. The molecule has 0 unspecified atom stereocenters. The maximum absolute atomic E-state index is 6.15. The molecule has 8 aromatic carbocycles. The van der Waals surface area contributed by atoms with Crippen LogP contribution in [-0.2, 0) is 0 Å². The Morgan fingerprint density at radius 3 is 1.15 bits per heavy atom. The van der Waals surface area contributed by atoms with Gasteiger partial charge in [0.25, 0.3) is 0 Å². The zero-order valence-corrected chi connectivity index (χ0v) is 25.7. The molecule has 0 radical (unpaired) electrons. The Morgan fingerprint density at radius 2 is 0.702 bits per heavy atom. The Labute approximate surface area is 273 Å². The van der Waals surface area contributed by atoms with Crippen LogP contribution in [0.25, 0.3) is 78.5 Å². The first-order chi connectivity index (χ1) is 23.2.